The number of aromatic nitrogens is 1. The molecule has 2 aromatic carbocycles. The Labute approximate surface area is 106 Å². The van der Waals surface area contributed by atoms with E-state index in [1.807, 2.05) is 36.4 Å². The maximum atomic E-state index is 9.03. The molecule has 2 nitrogen and oxygen atoms in total. The Balaban J connectivity index is 2.07. The van der Waals surface area contributed by atoms with Crippen molar-refractivity contribution in [2.75, 3.05) is 0 Å². The number of nitrogens with zero attached hydrogens (tertiary/aromatic N) is 1. The predicted octanol–water partition coefficient (Wildman–Crippen LogP) is 3.39. The summed E-state index contributed by atoms with van der Waals surface area (Å²) in [6.07, 6.45) is 1.80. The van der Waals surface area contributed by atoms with Gasteiger partial charge in [-0.2, -0.15) is 0 Å². The predicted molar refractivity (Wildman–Crippen MR) is 73.1 cm³/mol. The Morgan fingerprint density at radius 3 is 2.44 bits per heavy atom. The quantitative estimate of drug-likeness (QED) is 0.738. The Bertz CT molecular complexity index is 674. The van der Waals surface area contributed by atoms with E-state index in [4.69, 9.17) is 5.11 Å². The van der Waals surface area contributed by atoms with Crippen LogP contribution in [0.3, 0.4) is 0 Å². The average molecular weight is 235 g/mol. The minimum atomic E-state index is 0.0852. The summed E-state index contributed by atoms with van der Waals surface area (Å²) in [4.78, 5) is 4.31. The summed E-state index contributed by atoms with van der Waals surface area (Å²) in [6, 6.07) is 18.2. The maximum absolute atomic E-state index is 9.03. The van der Waals surface area contributed by atoms with Crippen molar-refractivity contribution >= 4 is 10.9 Å². The van der Waals surface area contributed by atoms with Gasteiger partial charge in [-0.15, -0.1) is 0 Å². The number of hydrogen-bond acceptors (Lipinski definition) is 2. The van der Waals surface area contributed by atoms with Gasteiger partial charge in [0.15, 0.2) is 0 Å². The van der Waals surface area contributed by atoms with E-state index in [1.54, 1.807) is 6.20 Å². The van der Waals surface area contributed by atoms with E-state index >= 15 is 0 Å². The summed E-state index contributed by atoms with van der Waals surface area (Å²) in [6.45, 7) is 0.0852. The van der Waals surface area contributed by atoms with Crippen molar-refractivity contribution in [2.24, 2.45) is 0 Å². The van der Waals surface area contributed by atoms with Crippen LogP contribution < -0.4 is 0 Å². The van der Waals surface area contributed by atoms with Gasteiger partial charge >= 0.3 is 0 Å². The summed E-state index contributed by atoms with van der Waals surface area (Å²) < 4.78 is 0. The molecule has 0 radical (unpaired) electrons. The first-order valence-electron chi connectivity index (χ1n) is 5.92. The molecule has 0 bridgehead atoms. The van der Waals surface area contributed by atoms with Gasteiger partial charge in [0, 0.05) is 11.6 Å². The zero-order chi connectivity index (χ0) is 12.4. The molecule has 3 aromatic rings. The van der Waals surface area contributed by atoms with E-state index in [2.05, 4.69) is 23.2 Å². The van der Waals surface area contributed by atoms with E-state index in [1.165, 1.54) is 5.56 Å². The molecule has 0 aliphatic carbocycles. The molecule has 88 valence electrons. The van der Waals surface area contributed by atoms with E-state index in [9.17, 15) is 0 Å². The number of fused-ring (bicyclic) bond motifs is 1. The number of hydrogen-bond donors (Lipinski definition) is 1. The Hall–Kier alpha value is -2.19. The minimum absolute atomic E-state index is 0.0852. The number of aliphatic hydroxyl groups is 1. The van der Waals surface area contributed by atoms with Crippen molar-refractivity contribution in [3.8, 4) is 11.1 Å². The lowest BCUT2D eigenvalue weighted by Crippen LogP contribution is -1.84. The van der Waals surface area contributed by atoms with Crippen LogP contribution in [0.15, 0.2) is 60.8 Å². The van der Waals surface area contributed by atoms with Gasteiger partial charge in [-0.3, -0.25) is 4.98 Å². The van der Waals surface area contributed by atoms with Crippen LogP contribution in [0.5, 0.6) is 0 Å². The van der Waals surface area contributed by atoms with Crippen LogP contribution in [0.25, 0.3) is 22.0 Å². The summed E-state index contributed by atoms with van der Waals surface area (Å²) in [5.74, 6) is 0. The van der Waals surface area contributed by atoms with Gasteiger partial charge in [-0.25, -0.2) is 0 Å². The first kappa shape index (κ1) is 10.9. The SMILES string of the molecule is OCc1ccc(-c2ccc3ncccc3c2)cc1. The first-order chi connectivity index (χ1) is 8.86. The topological polar surface area (TPSA) is 33.1 Å². The van der Waals surface area contributed by atoms with Crippen LogP contribution in [0.1, 0.15) is 5.56 Å². The highest BCUT2D eigenvalue weighted by molar-refractivity contribution is 5.84. The molecule has 1 aromatic heterocycles. The lowest BCUT2D eigenvalue weighted by molar-refractivity contribution is 0.282. The van der Waals surface area contributed by atoms with Crippen molar-refractivity contribution in [3.05, 3.63) is 66.4 Å². The zero-order valence-corrected chi connectivity index (χ0v) is 9.88. The number of aliphatic hydroxyl groups excluding tert-OH is 1. The van der Waals surface area contributed by atoms with Gasteiger partial charge in [0.25, 0.3) is 0 Å². The molecule has 18 heavy (non-hydrogen) atoms. The highest BCUT2D eigenvalue weighted by Crippen LogP contribution is 2.23. The molecule has 1 N–H and O–H groups in total. The maximum Gasteiger partial charge on any atom is 0.0702 e. The molecule has 0 aliphatic heterocycles. The fraction of sp³-hybridized carbons (Fsp3) is 0.0625. The van der Waals surface area contributed by atoms with Gasteiger partial charge in [-0.05, 0) is 34.9 Å². The third kappa shape index (κ3) is 1.98. The minimum Gasteiger partial charge on any atom is -0.392 e. The zero-order valence-electron chi connectivity index (χ0n) is 9.88. The van der Waals surface area contributed by atoms with Crippen LogP contribution in [-0.2, 0) is 6.61 Å². The number of rotatable bonds is 2. The van der Waals surface area contributed by atoms with Crippen LogP contribution >= 0.6 is 0 Å². The molecule has 0 saturated carbocycles. The van der Waals surface area contributed by atoms with Gasteiger partial charge in [-0.1, -0.05) is 36.4 Å². The lowest BCUT2D eigenvalue weighted by atomic mass is 10.0. The molecule has 0 unspecified atom stereocenters. The standard InChI is InChI=1S/C16H13NO/c18-11-12-3-5-13(6-4-12)14-7-8-16-15(10-14)2-1-9-17-16/h1-10,18H,11H2. The second-order valence-electron chi connectivity index (χ2n) is 4.27. The van der Waals surface area contributed by atoms with E-state index in [0.717, 1.165) is 22.0 Å². The van der Waals surface area contributed by atoms with E-state index < -0.39 is 0 Å². The largest absolute Gasteiger partial charge is 0.392 e. The van der Waals surface area contributed by atoms with Crippen LogP contribution in [-0.4, -0.2) is 10.1 Å². The first-order valence-corrected chi connectivity index (χ1v) is 5.92. The van der Waals surface area contributed by atoms with Crippen LogP contribution in [0.2, 0.25) is 0 Å². The Morgan fingerprint density at radius 1 is 0.889 bits per heavy atom. The highest BCUT2D eigenvalue weighted by Gasteiger charge is 2.00. The fourth-order valence-corrected chi connectivity index (χ4v) is 2.06. The van der Waals surface area contributed by atoms with Gasteiger partial charge in [0.05, 0.1) is 12.1 Å². The molecule has 1 heterocycles. The van der Waals surface area contributed by atoms with E-state index in [0.29, 0.717) is 0 Å². The third-order valence-corrected chi connectivity index (χ3v) is 3.07. The molecule has 3 rings (SSSR count). The summed E-state index contributed by atoms with van der Waals surface area (Å²) in [5.41, 5.74) is 4.26. The monoisotopic (exact) mass is 235 g/mol. The molecule has 0 saturated heterocycles. The summed E-state index contributed by atoms with van der Waals surface area (Å²) in [5, 5.41) is 10.2. The average Bonchev–Trinajstić information content (AvgIpc) is 2.47. The van der Waals surface area contributed by atoms with Crippen molar-refractivity contribution < 1.29 is 5.11 Å². The molecule has 0 aliphatic rings. The van der Waals surface area contributed by atoms with Crippen LogP contribution in [0.4, 0.5) is 0 Å². The van der Waals surface area contributed by atoms with E-state index in [-0.39, 0.29) is 6.61 Å². The van der Waals surface area contributed by atoms with Crippen molar-refractivity contribution in [3.63, 3.8) is 0 Å². The molecular formula is C16H13NO. The van der Waals surface area contributed by atoms with Crippen LogP contribution in [0, 0.1) is 0 Å². The van der Waals surface area contributed by atoms with Gasteiger partial charge in [0.1, 0.15) is 0 Å². The van der Waals surface area contributed by atoms with Gasteiger partial charge in [0.2, 0.25) is 0 Å². The highest BCUT2D eigenvalue weighted by atomic mass is 16.3. The molecule has 0 atom stereocenters. The second kappa shape index (κ2) is 4.59. The second-order valence-corrected chi connectivity index (χ2v) is 4.27. The van der Waals surface area contributed by atoms with Crippen molar-refractivity contribution in [2.45, 2.75) is 6.61 Å². The number of pyridine rings is 1. The van der Waals surface area contributed by atoms with Crippen molar-refractivity contribution in [1.29, 1.82) is 0 Å². The number of benzene rings is 2. The Kier molecular flexibility index (Phi) is 2.79. The third-order valence-electron chi connectivity index (χ3n) is 3.07. The molecule has 2 heteroatoms. The lowest BCUT2D eigenvalue weighted by Gasteiger charge is -2.04. The summed E-state index contributed by atoms with van der Waals surface area (Å²) in [7, 11) is 0. The molecular weight excluding hydrogens is 222 g/mol. The molecule has 0 spiro atoms. The smallest absolute Gasteiger partial charge is 0.0702 e. The Morgan fingerprint density at radius 2 is 1.67 bits per heavy atom. The van der Waals surface area contributed by atoms with Gasteiger partial charge < -0.3 is 5.11 Å². The van der Waals surface area contributed by atoms with Crippen molar-refractivity contribution in [1.82, 2.24) is 4.98 Å². The summed E-state index contributed by atoms with van der Waals surface area (Å²) >= 11 is 0. The molecule has 0 fully saturated rings. The fourth-order valence-electron chi connectivity index (χ4n) is 2.06. The normalized spacial score (nSPS) is 10.7. The molecule has 0 amide bonds.